The van der Waals surface area contributed by atoms with Gasteiger partial charge in [0.25, 0.3) is 5.91 Å². The number of likely N-dealkylation sites (tertiary alicyclic amines) is 1. The molecule has 0 atom stereocenters. The van der Waals surface area contributed by atoms with Gasteiger partial charge < -0.3 is 14.8 Å². The first kappa shape index (κ1) is 17.0. The standard InChI is InChI=1S/C20H29N3O/c1-4-17-15(2)21-19-9-8-16(14-18(17)19)20(24)22(3)12-13-23-10-6-5-7-11-23/h8-9,14,21H,4-7,10-13H2,1-3H3. The van der Waals surface area contributed by atoms with Crippen molar-refractivity contribution in [2.24, 2.45) is 0 Å². The summed E-state index contributed by atoms with van der Waals surface area (Å²) in [5, 5.41) is 1.19. The Morgan fingerprint density at radius 1 is 1.25 bits per heavy atom. The summed E-state index contributed by atoms with van der Waals surface area (Å²) in [6, 6.07) is 6.03. The van der Waals surface area contributed by atoms with Gasteiger partial charge in [-0.25, -0.2) is 0 Å². The van der Waals surface area contributed by atoms with Gasteiger partial charge in [-0.1, -0.05) is 13.3 Å². The van der Waals surface area contributed by atoms with Gasteiger partial charge in [-0.05, 0) is 63.0 Å². The van der Waals surface area contributed by atoms with Crippen LogP contribution in [0.4, 0.5) is 0 Å². The zero-order valence-electron chi connectivity index (χ0n) is 15.2. The van der Waals surface area contributed by atoms with E-state index in [1.54, 1.807) is 0 Å². The Bertz CT molecular complexity index is 713. The van der Waals surface area contributed by atoms with Crippen molar-refractivity contribution in [1.29, 1.82) is 0 Å². The first-order chi connectivity index (χ1) is 11.6. The second-order valence-electron chi connectivity index (χ2n) is 6.97. The fraction of sp³-hybridized carbons (Fsp3) is 0.550. The summed E-state index contributed by atoms with van der Waals surface area (Å²) < 4.78 is 0. The van der Waals surface area contributed by atoms with Crippen LogP contribution in [0.3, 0.4) is 0 Å². The van der Waals surface area contributed by atoms with Crippen LogP contribution in [-0.4, -0.2) is 53.9 Å². The predicted octanol–water partition coefficient (Wildman–Crippen LogP) is 3.60. The van der Waals surface area contributed by atoms with Crippen LogP contribution in [0.25, 0.3) is 10.9 Å². The van der Waals surface area contributed by atoms with E-state index in [0.717, 1.165) is 30.6 Å². The summed E-state index contributed by atoms with van der Waals surface area (Å²) in [4.78, 5) is 20.5. The molecule has 24 heavy (non-hydrogen) atoms. The topological polar surface area (TPSA) is 39.3 Å². The lowest BCUT2D eigenvalue weighted by atomic mass is 10.1. The number of aromatic amines is 1. The monoisotopic (exact) mass is 327 g/mol. The minimum atomic E-state index is 0.120. The van der Waals surface area contributed by atoms with Gasteiger partial charge in [0.1, 0.15) is 0 Å². The van der Waals surface area contributed by atoms with E-state index >= 15 is 0 Å². The summed E-state index contributed by atoms with van der Waals surface area (Å²) in [6.07, 6.45) is 4.91. The number of hydrogen-bond acceptors (Lipinski definition) is 2. The average molecular weight is 327 g/mol. The molecule has 1 fully saturated rings. The van der Waals surface area contributed by atoms with Crippen molar-refractivity contribution in [3.63, 3.8) is 0 Å². The second-order valence-corrected chi connectivity index (χ2v) is 6.97. The maximum absolute atomic E-state index is 12.8. The molecule has 0 spiro atoms. The van der Waals surface area contributed by atoms with E-state index in [1.165, 1.54) is 49.0 Å². The molecule has 3 rings (SSSR count). The smallest absolute Gasteiger partial charge is 0.253 e. The molecule has 0 saturated carbocycles. The van der Waals surface area contributed by atoms with Gasteiger partial charge in [-0.2, -0.15) is 0 Å². The number of carbonyl (C=O) groups excluding carboxylic acids is 1. The van der Waals surface area contributed by atoms with Crippen LogP contribution in [0.2, 0.25) is 0 Å². The summed E-state index contributed by atoms with van der Waals surface area (Å²) in [5.74, 6) is 0.120. The first-order valence-electron chi connectivity index (χ1n) is 9.19. The van der Waals surface area contributed by atoms with Gasteiger partial charge in [-0.3, -0.25) is 4.79 Å². The summed E-state index contributed by atoms with van der Waals surface area (Å²) in [5.41, 5.74) is 4.43. The Kier molecular flexibility index (Phi) is 5.24. The molecule has 1 aromatic carbocycles. The number of aryl methyl sites for hydroxylation is 2. The van der Waals surface area contributed by atoms with E-state index in [2.05, 4.69) is 29.8 Å². The molecule has 130 valence electrons. The number of likely N-dealkylation sites (N-methyl/N-ethyl adjacent to an activating group) is 1. The first-order valence-corrected chi connectivity index (χ1v) is 9.19. The van der Waals surface area contributed by atoms with E-state index in [0.29, 0.717) is 0 Å². The molecule has 2 heterocycles. The van der Waals surface area contributed by atoms with Crippen LogP contribution in [0.15, 0.2) is 18.2 Å². The van der Waals surface area contributed by atoms with E-state index in [4.69, 9.17) is 0 Å². The largest absolute Gasteiger partial charge is 0.358 e. The number of hydrogen-bond donors (Lipinski definition) is 1. The van der Waals surface area contributed by atoms with Crippen LogP contribution in [-0.2, 0) is 6.42 Å². The normalized spacial score (nSPS) is 15.8. The maximum Gasteiger partial charge on any atom is 0.253 e. The lowest BCUT2D eigenvalue weighted by Crippen LogP contribution is -2.38. The summed E-state index contributed by atoms with van der Waals surface area (Å²) in [7, 11) is 1.92. The van der Waals surface area contributed by atoms with Crippen LogP contribution in [0.1, 0.15) is 47.8 Å². The SMILES string of the molecule is CCc1c(C)[nH]c2ccc(C(=O)N(C)CCN3CCCCC3)cc12. The fourth-order valence-electron chi connectivity index (χ4n) is 3.77. The predicted molar refractivity (Wildman–Crippen MR) is 99.7 cm³/mol. The Balaban J connectivity index is 1.70. The van der Waals surface area contributed by atoms with E-state index in [-0.39, 0.29) is 5.91 Å². The number of nitrogens with one attached hydrogen (secondary N) is 1. The minimum Gasteiger partial charge on any atom is -0.358 e. The van der Waals surface area contributed by atoms with Crippen molar-refractivity contribution in [3.05, 3.63) is 35.0 Å². The van der Waals surface area contributed by atoms with Gasteiger partial charge >= 0.3 is 0 Å². The highest BCUT2D eigenvalue weighted by Crippen LogP contribution is 2.24. The van der Waals surface area contributed by atoms with Gasteiger partial charge in [0.15, 0.2) is 0 Å². The Hall–Kier alpha value is -1.81. The molecule has 1 saturated heterocycles. The number of nitrogens with zero attached hydrogens (tertiary/aromatic N) is 2. The van der Waals surface area contributed by atoms with Crippen LogP contribution >= 0.6 is 0 Å². The molecule has 1 amide bonds. The molecule has 4 heteroatoms. The van der Waals surface area contributed by atoms with Crippen molar-refractivity contribution in [2.45, 2.75) is 39.5 Å². The van der Waals surface area contributed by atoms with E-state index < -0.39 is 0 Å². The number of piperidine rings is 1. The van der Waals surface area contributed by atoms with Crippen molar-refractivity contribution in [1.82, 2.24) is 14.8 Å². The zero-order valence-corrected chi connectivity index (χ0v) is 15.2. The van der Waals surface area contributed by atoms with Crippen LogP contribution < -0.4 is 0 Å². The molecule has 0 radical (unpaired) electrons. The number of rotatable bonds is 5. The molecular formula is C20H29N3O. The number of H-pyrrole nitrogens is 1. The van der Waals surface area contributed by atoms with Crippen molar-refractivity contribution >= 4 is 16.8 Å². The Morgan fingerprint density at radius 3 is 2.71 bits per heavy atom. The fourth-order valence-corrected chi connectivity index (χ4v) is 3.77. The number of carbonyl (C=O) groups is 1. The molecule has 1 aliphatic rings. The molecule has 0 aliphatic carbocycles. The van der Waals surface area contributed by atoms with Crippen LogP contribution in [0.5, 0.6) is 0 Å². The molecule has 0 bridgehead atoms. The van der Waals surface area contributed by atoms with Crippen molar-refractivity contribution in [3.8, 4) is 0 Å². The number of benzene rings is 1. The molecule has 1 aliphatic heterocycles. The quantitative estimate of drug-likeness (QED) is 0.911. The average Bonchev–Trinajstić information content (AvgIpc) is 2.93. The van der Waals surface area contributed by atoms with Gasteiger partial charge in [0.05, 0.1) is 0 Å². The van der Waals surface area contributed by atoms with E-state index in [1.807, 2.05) is 24.1 Å². The van der Waals surface area contributed by atoms with Crippen molar-refractivity contribution in [2.75, 3.05) is 33.2 Å². The Morgan fingerprint density at radius 2 is 2.00 bits per heavy atom. The Labute approximate surface area is 144 Å². The van der Waals surface area contributed by atoms with Gasteiger partial charge in [0.2, 0.25) is 0 Å². The maximum atomic E-state index is 12.8. The zero-order chi connectivity index (χ0) is 17.1. The summed E-state index contributed by atoms with van der Waals surface area (Å²) in [6.45, 7) is 8.39. The van der Waals surface area contributed by atoms with Crippen LogP contribution in [0, 0.1) is 6.92 Å². The van der Waals surface area contributed by atoms with Gasteiger partial charge in [-0.15, -0.1) is 0 Å². The number of amides is 1. The highest BCUT2D eigenvalue weighted by Gasteiger charge is 2.16. The number of fused-ring (bicyclic) bond motifs is 1. The lowest BCUT2D eigenvalue weighted by molar-refractivity contribution is 0.0773. The van der Waals surface area contributed by atoms with Gasteiger partial charge in [0, 0.05) is 42.3 Å². The lowest BCUT2D eigenvalue weighted by Gasteiger charge is -2.28. The van der Waals surface area contributed by atoms with Crippen molar-refractivity contribution < 1.29 is 4.79 Å². The highest BCUT2D eigenvalue weighted by molar-refractivity contribution is 5.99. The van der Waals surface area contributed by atoms with E-state index in [9.17, 15) is 4.79 Å². The third kappa shape index (κ3) is 3.48. The summed E-state index contributed by atoms with van der Waals surface area (Å²) >= 11 is 0. The third-order valence-electron chi connectivity index (χ3n) is 5.27. The second kappa shape index (κ2) is 7.39. The molecule has 0 unspecified atom stereocenters. The number of aromatic nitrogens is 1. The molecule has 4 nitrogen and oxygen atoms in total. The molecule has 2 aromatic rings. The molecule has 1 aromatic heterocycles. The third-order valence-corrected chi connectivity index (χ3v) is 5.27. The molecular weight excluding hydrogens is 298 g/mol. The highest BCUT2D eigenvalue weighted by atomic mass is 16.2. The minimum absolute atomic E-state index is 0.120. The molecule has 1 N–H and O–H groups in total.